The van der Waals surface area contributed by atoms with Gasteiger partial charge in [0.15, 0.2) is 5.82 Å². The standard InChI is InChI=1S/C18H18BrN5/c1-12-7-8-16(15(19)9-12)22-18-23-17(11-21-24-18)20-10-14-6-4-3-5-13(14)2/h3-9,11H,10H2,1-2H3,(H2,20,22,23,24). The van der Waals surface area contributed by atoms with Crippen LogP contribution in [0.2, 0.25) is 0 Å². The van der Waals surface area contributed by atoms with Crippen molar-refractivity contribution in [3.05, 3.63) is 69.8 Å². The van der Waals surface area contributed by atoms with E-state index >= 15 is 0 Å². The van der Waals surface area contributed by atoms with Crippen molar-refractivity contribution in [3.63, 3.8) is 0 Å². The number of benzene rings is 2. The Balaban J connectivity index is 1.71. The first kappa shape index (κ1) is 16.4. The highest BCUT2D eigenvalue weighted by Gasteiger charge is 2.05. The molecule has 0 aliphatic rings. The molecule has 0 saturated carbocycles. The van der Waals surface area contributed by atoms with Gasteiger partial charge in [0.1, 0.15) is 0 Å². The van der Waals surface area contributed by atoms with Gasteiger partial charge in [-0.3, -0.25) is 0 Å². The number of halogens is 1. The van der Waals surface area contributed by atoms with Gasteiger partial charge in [-0.05, 0) is 58.6 Å². The Labute approximate surface area is 149 Å². The van der Waals surface area contributed by atoms with Crippen LogP contribution in [0.5, 0.6) is 0 Å². The zero-order valence-electron chi connectivity index (χ0n) is 13.5. The van der Waals surface area contributed by atoms with Crippen LogP contribution < -0.4 is 10.6 Å². The van der Waals surface area contributed by atoms with Crippen LogP contribution in [0.15, 0.2) is 53.1 Å². The number of hydrogen-bond donors (Lipinski definition) is 2. The second-order valence-electron chi connectivity index (χ2n) is 5.55. The average molecular weight is 384 g/mol. The Morgan fingerprint density at radius 1 is 1.08 bits per heavy atom. The van der Waals surface area contributed by atoms with E-state index in [0.29, 0.717) is 18.3 Å². The van der Waals surface area contributed by atoms with Crippen LogP contribution >= 0.6 is 15.9 Å². The van der Waals surface area contributed by atoms with Crippen LogP contribution in [0.25, 0.3) is 0 Å². The third-order valence-corrected chi connectivity index (χ3v) is 4.31. The third kappa shape index (κ3) is 4.08. The molecule has 0 saturated heterocycles. The molecule has 0 unspecified atom stereocenters. The van der Waals surface area contributed by atoms with E-state index in [1.54, 1.807) is 6.20 Å². The number of aryl methyl sites for hydroxylation is 2. The maximum atomic E-state index is 4.46. The molecule has 6 heteroatoms. The summed E-state index contributed by atoms with van der Waals surface area (Å²) in [4.78, 5) is 4.46. The highest BCUT2D eigenvalue weighted by Crippen LogP contribution is 2.25. The van der Waals surface area contributed by atoms with Crippen LogP contribution in [0, 0.1) is 13.8 Å². The van der Waals surface area contributed by atoms with Crippen LogP contribution in [-0.4, -0.2) is 15.2 Å². The molecule has 3 aromatic rings. The minimum atomic E-state index is 0.453. The molecule has 0 radical (unpaired) electrons. The summed E-state index contributed by atoms with van der Waals surface area (Å²) < 4.78 is 0.962. The van der Waals surface area contributed by atoms with Gasteiger partial charge in [-0.25, -0.2) is 0 Å². The summed E-state index contributed by atoms with van der Waals surface area (Å²) in [7, 11) is 0. The summed E-state index contributed by atoms with van der Waals surface area (Å²) in [6, 6.07) is 14.3. The van der Waals surface area contributed by atoms with Gasteiger partial charge in [0, 0.05) is 11.0 Å². The lowest BCUT2D eigenvalue weighted by Gasteiger charge is -2.10. The van der Waals surface area contributed by atoms with Gasteiger partial charge in [0.25, 0.3) is 0 Å². The van der Waals surface area contributed by atoms with Crippen LogP contribution in [0.1, 0.15) is 16.7 Å². The summed E-state index contributed by atoms with van der Waals surface area (Å²) in [6.07, 6.45) is 1.62. The molecule has 0 aliphatic heterocycles. The molecule has 122 valence electrons. The molecule has 0 aliphatic carbocycles. The van der Waals surface area contributed by atoms with E-state index in [0.717, 1.165) is 10.2 Å². The van der Waals surface area contributed by atoms with Crippen LogP contribution in [0.3, 0.4) is 0 Å². The molecule has 2 aromatic carbocycles. The number of hydrogen-bond acceptors (Lipinski definition) is 5. The molecule has 0 fully saturated rings. The van der Waals surface area contributed by atoms with E-state index in [9.17, 15) is 0 Å². The fraction of sp³-hybridized carbons (Fsp3) is 0.167. The Kier molecular flexibility index (Phi) is 5.05. The van der Waals surface area contributed by atoms with E-state index in [4.69, 9.17) is 0 Å². The zero-order valence-corrected chi connectivity index (χ0v) is 15.1. The summed E-state index contributed by atoms with van der Waals surface area (Å²) in [6.45, 7) is 4.83. The summed E-state index contributed by atoms with van der Waals surface area (Å²) in [5.74, 6) is 1.13. The van der Waals surface area contributed by atoms with Crippen molar-refractivity contribution in [3.8, 4) is 0 Å². The van der Waals surface area contributed by atoms with Gasteiger partial charge in [0.2, 0.25) is 5.95 Å². The Morgan fingerprint density at radius 2 is 1.92 bits per heavy atom. The zero-order chi connectivity index (χ0) is 16.9. The van der Waals surface area contributed by atoms with Crippen molar-refractivity contribution in [1.82, 2.24) is 15.2 Å². The quantitative estimate of drug-likeness (QED) is 0.673. The van der Waals surface area contributed by atoms with Crippen molar-refractivity contribution in [2.75, 3.05) is 10.6 Å². The Bertz CT molecular complexity index is 850. The van der Waals surface area contributed by atoms with Gasteiger partial charge < -0.3 is 10.6 Å². The average Bonchev–Trinajstić information content (AvgIpc) is 2.57. The largest absolute Gasteiger partial charge is 0.365 e. The van der Waals surface area contributed by atoms with Crippen LogP contribution in [-0.2, 0) is 6.54 Å². The lowest BCUT2D eigenvalue weighted by molar-refractivity contribution is 0.964. The number of anilines is 3. The molecule has 0 bridgehead atoms. The molecular formula is C18H18BrN5. The fourth-order valence-electron chi connectivity index (χ4n) is 2.28. The van der Waals surface area contributed by atoms with E-state index in [-0.39, 0.29) is 0 Å². The number of aromatic nitrogens is 3. The summed E-state index contributed by atoms with van der Waals surface area (Å²) in [5.41, 5.74) is 4.56. The molecule has 5 nitrogen and oxygen atoms in total. The van der Waals surface area contributed by atoms with Crippen molar-refractivity contribution in [2.24, 2.45) is 0 Å². The van der Waals surface area contributed by atoms with Gasteiger partial charge >= 0.3 is 0 Å². The van der Waals surface area contributed by atoms with Crippen molar-refractivity contribution in [1.29, 1.82) is 0 Å². The highest BCUT2D eigenvalue weighted by atomic mass is 79.9. The van der Waals surface area contributed by atoms with Crippen molar-refractivity contribution >= 4 is 33.4 Å². The first-order valence-corrected chi connectivity index (χ1v) is 8.42. The minimum Gasteiger partial charge on any atom is -0.365 e. The van der Waals surface area contributed by atoms with E-state index < -0.39 is 0 Å². The molecule has 24 heavy (non-hydrogen) atoms. The normalized spacial score (nSPS) is 10.5. The van der Waals surface area contributed by atoms with E-state index in [1.165, 1.54) is 16.7 Å². The second-order valence-corrected chi connectivity index (χ2v) is 6.41. The number of nitrogens with one attached hydrogen (secondary N) is 2. The molecule has 3 rings (SSSR count). The predicted octanol–water partition coefficient (Wildman–Crippen LogP) is 4.61. The maximum Gasteiger partial charge on any atom is 0.249 e. The second kappa shape index (κ2) is 7.40. The van der Waals surface area contributed by atoms with E-state index in [2.05, 4.69) is 60.8 Å². The van der Waals surface area contributed by atoms with Gasteiger partial charge in [-0.15, -0.1) is 5.10 Å². The van der Waals surface area contributed by atoms with Gasteiger partial charge in [-0.2, -0.15) is 10.1 Å². The Hall–Kier alpha value is -2.47. The predicted molar refractivity (Wildman–Crippen MR) is 100 cm³/mol. The first-order valence-electron chi connectivity index (χ1n) is 7.63. The monoisotopic (exact) mass is 383 g/mol. The molecular weight excluding hydrogens is 366 g/mol. The lowest BCUT2D eigenvalue weighted by Crippen LogP contribution is -2.06. The summed E-state index contributed by atoms with van der Waals surface area (Å²) >= 11 is 3.54. The first-order chi connectivity index (χ1) is 11.6. The topological polar surface area (TPSA) is 62.7 Å². The maximum absolute atomic E-state index is 4.46. The van der Waals surface area contributed by atoms with Crippen molar-refractivity contribution < 1.29 is 0 Å². The molecule has 1 heterocycles. The molecule has 2 N–H and O–H groups in total. The van der Waals surface area contributed by atoms with Gasteiger partial charge in [0.05, 0.1) is 11.9 Å². The highest BCUT2D eigenvalue weighted by molar-refractivity contribution is 9.10. The lowest BCUT2D eigenvalue weighted by atomic mass is 10.1. The number of rotatable bonds is 5. The SMILES string of the molecule is Cc1ccc(Nc2nncc(NCc3ccccc3C)n2)c(Br)c1. The molecule has 0 spiro atoms. The Morgan fingerprint density at radius 3 is 2.71 bits per heavy atom. The summed E-state index contributed by atoms with van der Waals surface area (Å²) in [5, 5.41) is 14.5. The molecule has 0 atom stereocenters. The van der Waals surface area contributed by atoms with Crippen molar-refractivity contribution in [2.45, 2.75) is 20.4 Å². The van der Waals surface area contributed by atoms with E-state index in [1.807, 2.05) is 37.3 Å². The molecule has 1 aromatic heterocycles. The fourth-order valence-corrected chi connectivity index (χ4v) is 2.87. The van der Waals surface area contributed by atoms with Gasteiger partial charge in [-0.1, -0.05) is 30.3 Å². The number of nitrogens with zero attached hydrogens (tertiary/aromatic N) is 3. The minimum absolute atomic E-state index is 0.453. The third-order valence-electron chi connectivity index (χ3n) is 3.65. The smallest absolute Gasteiger partial charge is 0.249 e. The molecule has 0 amide bonds. The van der Waals surface area contributed by atoms with Crippen LogP contribution in [0.4, 0.5) is 17.5 Å².